The number of anilines is 1. The van der Waals surface area contributed by atoms with Gasteiger partial charge in [0.2, 0.25) is 11.8 Å². The van der Waals surface area contributed by atoms with Crippen molar-refractivity contribution in [2.45, 2.75) is 39.3 Å². The first-order chi connectivity index (χ1) is 10.0. The second-order valence-electron chi connectivity index (χ2n) is 5.28. The lowest BCUT2D eigenvalue weighted by molar-refractivity contribution is -0.132. The van der Waals surface area contributed by atoms with E-state index < -0.39 is 0 Å². The van der Waals surface area contributed by atoms with Crippen LogP contribution in [0.4, 0.5) is 5.13 Å². The fourth-order valence-corrected chi connectivity index (χ4v) is 3.35. The lowest BCUT2D eigenvalue weighted by Crippen LogP contribution is -2.46. The molecule has 0 spiro atoms. The van der Waals surface area contributed by atoms with Gasteiger partial charge < -0.3 is 10.2 Å². The van der Waals surface area contributed by atoms with Crippen LogP contribution in [-0.4, -0.2) is 47.9 Å². The molecule has 1 atom stereocenters. The summed E-state index contributed by atoms with van der Waals surface area (Å²) in [4.78, 5) is 30.9. The number of nitrogens with one attached hydrogen (secondary N) is 1. The zero-order chi connectivity index (χ0) is 15.4. The molecule has 0 radical (unpaired) electrons. The van der Waals surface area contributed by atoms with Gasteiger partial charge in [-0.15, -0.1) is 11.3 Å². The number of piperidine rings is 1. The Bertz CT molecular complexity index is 517. The van der Waals surface area contributed by atoms with Crippen LogP contribution in [0.1, 0.15) is 32.4 Å². The third-order valence-corrected chi connectivity index (χ3v) is 4.58. The zero-order valence-electron chi connectivity index (χ0n) is 12.8. The quantitative estimate of drug-likeness (QED) is 0.888. The van der Waals surface area contributed by atoms with Gasteiger partial charge in [-0.05, 0) is 13.3 Å². The van der Waals surface area contributed by atoms with Gasteiger partial charge >= 0.3 is 0 Å². The average Bonchev–Trinajstić information content (AvgIpc) is 2.89. The molecule has 0 aromatic carbocycles. The van der Waals surface area contributed by atoms with Crippen molar-refractivity contribution >= 4 is 28.3 Å². The molecule has 2 rings (SSSR count). The minimum absolute atomic E-state index is 0.0128. The van der Waals surface area contributed by atoms with Crippen LogP contribution in [0.25, 0.3) is 0 Å². The fraction of sp³-hybridized carbons (Fsp3) is 0.643. The topological polar surface area (TPSA) is 65.5 Å². The largest absolute Gasteiger partial charge is 0.344 e. The highest BCUT2D eigenvalue weighted by Crippen LogP contribution is 2.21. The van der Waals surface area contributed by atoms with Crippen molar-refractivity contribution in [1.29, 1.82) is 0 Å². The molecule has 2 amide bonds. The number of carbonyl (C=O) groups excluding carboxylic acids is 2. The van der Waals surface area contributed by atoms with E-state index in [1.807, 2.05) is 19.4 Å². The Morgan fingerprint density at radius 3 is 3.00 bits per heavy atom. The maximum Gasteiger partial charge on any atom is 0.225 e. The highest BCUT2D eigenvalue weighted by Gasteiger charge is 2.22. The van der Waals surface area contributed by atoms with Crippen LogP contribution in [0.5, 0.6) is 0 Å². The molecule has 6 nitrogen and oxygen atoms in total. The Morgan fingerprint density at radius 1 is 1.62 bits per heavy atom. The molecule has 0 bridgehead atoms. The Morgan fingerprint density at radius 2 is 2.38 bits per heavy atom. The van der Waals surface area contributed by atoms with E-state index in [0.29, 0.717) is 25.6 Å². The van der Waals surface area contributed by atoms with E-state index in [2.05, 4.69) is 10.3 Å². The first-order valence-electron chi connectivity index (χ1n) is 7.21. The Balaban J connectivity index is 1.88. The van der Waals surface area contributed by atoms with E-state index in [1.54, 1.807) is 16.7 Å². The lowest BCUT2D eigenvalue weighted by atomic mass is 10.1. The molecule has 1 saturated heterocycles. The van der Waals surface area contributed by atoms with Crippen molar-refractivity contribution in [3.8, 4) is 0 Å². The van der Waals surface area contributed by atoms with Crippen LogP contribution in [0.15, 0.2) is 5.38 Å². The van der Waals surface area contributed by atoms with Gasteiger partial charge in [0, 0.05) is 51.4 Å². The fourth-order valence-electron chi connectivity index (χ4n) is 2.42. The van der Waals surface area contributed by atoms with Crippen LogP contribution >= 0.6 is 11.3 Å². The first-order valence-corrected chi connectivity index (χ1v) is 8.09. The smallest absolute Gasteiger partial charge is 0.225 e. The molecule has 1 aromatic heterocycles. The normalized spacial score (nSPS) is 18.9. The van der Waals surface area contributed by atoms with Gasteiger partial charge in [-0.3, -0.25) is 14.5 Å². The predicted octanol–water partition coefficient (Wildman–Crippen LogP) is 1.23. The average molecular weight is 310 g/mol. The van der Waals surface area contributed by atoms with Crippen molar-refractivity contribution in [1.82, 2.24) is 15.2 Å². The van der Waals surface area contributed by atoms with E-state index >= 15 is 0 Å². The molecule has 1 fully saturated rings. The minimum atomic E-state index is 0.0128. The van der Waals surface area contributed by atoms with E-state index in [9.17, 15) is 9.59 Å². The molecule has 21 heavy (non-hydrogen) atoms. The van der Waals surface area contributed by atoms with Crippen molar-refractivity contribution in [3.63, 3.8) is 0 Å². The number of rotatable bonds is 5. The van der Waals surface area contributed by atoms with Gasteiger partial charge in [0.1, 0.15) is 0 Å². The Labute approximate surface area is 129 Å². The number of likely N-dealkylation sites (N-methyl/N-ethyl adjacent to an activating group) is 1. The van der Waals surface area contributed by atoms with Crippen LogP contribution in [-0.2, 0) is 16.1 Å². The zero-order valence-corrected chi connectivity index (χ0v) is 13.6. The third kappa shape index (κ3) is 4.01. The minimum Gasteiger partial charge on any atom is -0.344 e. The van der Waals surface area contributed by atoms with Crippen molar-refractivity contribution in [2.24, 2.45) is 0 Å². The molecule has 7 heteroatoms. The standard InChI is InChI=1S/C14H22N4O2S/c1-4-18(10(2)19)14-16-12(9-21-14)7-15-11-5-6-13(20)17(3)8-11/h9,11,15H,4-8H2,1-3H3. The molecule has 1 unspecified atom stereocenters. The molecule has 2 heterocycles. The van der Waals surface area contributed by atoms with Gasteiger partial charge in [0.25, 0.3) is 0 Å². The van der Waals surface area contributed by atoms with Crippen LogP contribution in [0.3, 0.4) is 0 Å². The van der Waals surface area contributed by atoms with Crippen molar-refractivity contribution in [2.75, 3.05) is 25.0 Å². The van der Waals surface area contributed by atoms with E-state index in [4.69, 9.17) is 0 Å². The Hall–Kier alpha value is -1.47. The van der Waals surface area contributed by atoms with Gasteiger partial charge in [0.15, 0.2) is 5.13 Å². The van der Waals surface area contributed by atoms with Crippen LogP contribution in [0.2, 0.25) is 0 Å². The molecule has 0 aliphatic carbocycles. The van der Waals surface area contributed by atoms with Crippen molar-refractivity contribution < 1.29 is 9.59 Å². The van der Waals surface area contributed by atoms with E-state index in [0.717, 1.165) is 23.8 Å². The maximum atomic E-state index is 11.5. The number of likely N-dealkylation sites (tertiary alicyclic amines) is 1. The molecular weight excluding hydrogens is 288 g/mol. The summed E-state index contributed by atoms with van der Waals surface area (Å²) < 4.78 is 0. The first kappa shape index (κ1) is 15.9. The highest BCUT2D eigenvalue weighted by molar-refractivity contribution is 7.14. The molecular formula is C14H22N4O2S. The molecule has 1 aromatic rings. The number of hydrogen-bond donors (Lipinski definition) is 1. The van der Waals surface area contributed by atoms with Crippen molar-refractivity contribution in [3.05, 3.63) is 11.1 Å². The number of aromatic nitrogens is 1. The summed E-state index contributed by atoms with van der Waals surface area (Å²) in [7, 11) is 1.84. The monoisotopic (exact) mass is 310 g/mol. The Kier molecular flexibility index (Phi) is 5.30. The molecule has 116 valence electrons. The van der Waals surface area contributed by atoms with Gasteiger partial charge in [-0.2, -0.15) is 0 Å². The molecule has 1 aliphatic heterocycles. The summed E-state index contributed by atoms with van der Waals surface area (Å²) in [6.07, 6.45) is 1.47. The molecule has 1 aliphatic rings. The molecule has 0 saturated carbocycles. The predicted molar refractivity (Wildman–Crippen MR) is 83.3 cm³/mol. The SMILES string of the molecule is CCN(C(C)=O)c1nc(CNC2CCC(=O)N(C)C2)cs1. The summed E-state index contributed by atoms with van der Waals surface area (Å²) >= 11 is 1.49. The second-order valence-corrected chi connectivity index (χ2v) is 6.11. The number of nitrogens with zero attached hydrogens (tertiary/aromatic N) is 3. The van der Waals surface area contributed by atoms with Gasteiger partial charge in [-0.25, -0.2) is 4.98 Å². The van der Waals surface area contributed by atoms with Crippen LogP contribution < -0.4 is 10.2 Å². The van der Waals surface area contributed by atoms with Gasteiger partial charge in [-0.1, -0.05) is 0 Å². The summed E-state index contributed by atoms with van der Waals surface area (Å²) in [5.74, 6) is 0.225. The van der Waals surface area contributed by atoms with E-state index in [-0.39, 0.29) is 11.8 Å². The van der Waals surface area contributed by atoms with Crippen LogP contribution in [0, 0.1) is 0 Å². The number of thiazole rings is 1. The van der Waals surface area contributed by atoms with E-state index in [1.165, 1.54) is 11.3 Å². The summed E-state index contributed by atoms with van der Waals surface area (Å²) in [5, 5.41) is 6.16. The second kappa shape index (κ2) is 7.00. The number of carbonyl (C=O) groups is 2. The molecule has 1 N–H and O–H groups in total. The number of hydrogen-bond acceptors (Lipinski definition) is 5. The summed E-state index contributed by atoms with van der Waals surface area (Å²) in [5.41, 5.74) is 0.939. The highest BCUT2D eigenvalue weighted by atomic mass is 32.1. The summed E-state index contributed by atoms with van der Waals surface area (Å²) in [6, 6.07) is 0.313. The number of amides is 2. The third-order valence-electron chi connectivity index (χ3n) is 3.67. The van der Waals surface area contributed by atoms with Gasteiger partial charge in [0.05, 0.1) is 5.69 Å². The summed E-state index contributed by atoms with van der Waals surface area (Å²) in [6.45, 7) is 5.53. The lowest BCUT2D eigenvalue weighted by Gasteiger charge is -2.30. The maximum absolute atomic E-state index is 11.5.